The van der Waals surface area contributed by atoms with Gasteiger partial charge >= 0.3 is 0 Å². The maximum Gasteiger partial charge on any atom is 0.0546 e. The Balaban J connectivity index is 1.10. The third kappa shape index (κ3) is 6.65. The van der Waals surface area contributed by atoms with Crippen molar-refractivity contribution in [2.75, 3.05) is 4.90 Å². The van der Waals surface area contributed by atoms with E-state index in [0.717, 1.165) is 33.9 Å². The fraction of sp³-hybridized carbons (Fsp3) is 0. The summed E-state index contributed by atoms with van der Waals surface area (Å²) in [6.07, 6.45) is 0. The zero-order valence-corrected chi connectivity index (χ0v) is 34.1. The Morgan fingerprint density at radius 3 is 1.34 bits per heavy atom. The molecule has 0 aliphatic rings. The topological polar surface area (TPSA) is 8.17 Å². The van der Waals surface area contributed by atoms with Gasteiger partial charge in [0.2, 0.25) is 0 Å². The van der Waals surface area contributed by atoms with Gasteiger partial charge in [0.05, 0.1) is 22.4 Å². The third-order valence-electron chi connectivity index (χ3n) is 12.0. The molecule has 62 heavy (non-hydrogen) atoms. The number of rotatable bonds is 9. The standard InChI is InChI=1S/C60H42N2/c1-5-20-43(21-6-1)50-41-40-49(42-55(50)45-24-9-3-10-25-45)61(56-32-16-13-28-51(56)44-22-7-2-8-23-44)48-38-36-46(37-39-48)52-31-19-35-59(60(52)47-26-11-4-12-27-47)62-57-33-17-14-29-53(57)54-30-15-18-34-58(54)62/h1-42H. The highest BCUT2D eigenvalue weighted by Crippen LogP contribution is 2.46. The number of hydrogen-bond donors (Lipinski definition) is 0. The molecule has 0 aliphatic carbocycles. The smallest absolute Gasteiger partial charge is 0.0546 e. The molecule has 0 fully saturated rings. The molecule has 0 N–H and O–H groups in total. The molecule has 11 rings (SSSR count). The van der Waals surface area contributed by atoms with E-state index in [1.54, 1.807) is 0 Å². The number of anilines is 3. The van der Waals surface area contributed by atoms with E-state index in [-0.39, 0.29) is 0 Å². The number of hydrogen-bond acceptors (Lipinski definition) is 1. The minimum atomic E-state index is 1.07. The highest BCUT2D eigenvalue weighted by molar-refractivity contribution is 6.10. The van der Waals surface area contributed by atoms with Crippen molar-refractivity contribution in [1.82, 2.24) is 4.57 Å². The monoisotopic (exact) mass is 790 g/mol. The zero-order chi connectivity index (χ0) is 41.2. The van der Waals surface area contributed by atoms with E-state index in [2.05, 4.69) is 264 Å². The van der Waals surface area contributed by atoms with Gasteiger partial charge in [0.1, 0.15) is 0 Å². The fourth-order valence-corrected chi connectivity index (χ4v) is 9.20. The van der Waals surface area contributed by atoms with E-state index in [1.165, 1.54) is 66.3 Å². The van der Waals surface area contributed by atoms with Crippen molar-refractivity contribution in [1.29, 1.82) is 0 Å². The van der Waals surface area contributed by atoms with E-state index in [1.807, 2.05) is 0 Å². The number of para-hydroxylation sites is 3. The van der Waals surface area contributed by atoms with Crippen LogP contribution < -0.4 is 4.90 Å². The van der Waals surface area contributed by atoms with Gasteiger partial charge in [-0.3, -0.25) is 0 Å². The maximum absolute atomic E-state index is 2.44. The summed E-state index contributed by atoms with van der Waals surface area (Å²) < 4.78 is 2.44. The van der Waals surface area contributed by atoms with Gasteiger partial charge in [-0.25, -0.2) is 0 Å². The lowest BCUT2D eigenvalue weighted by molar-refractivity contribution is 1.18. The molecule has 0 radical (unpaired) electrons. The first-order valence-corrected chi connectivity index (χ1v) is 21.3. The van der Waals surface area contributed by atoms with E-state index >= 15 is 0 Å². The van der Waals surface area contributed by atoms with Crippen LogP contribution in [0.15, 0.2) is 255 Å². The molecule has 0 saturated heterocycles. The quantitative estimate of drug-likeness (QED) is 0.141. The summed E-state index contributed by atoms with van der Waals surface area (Å²) in [6, 6.07) is 92.1. The molecule has 0 unspecified atom stereocenters. The Bertz CT molecular complexity index is 3260. The van der Waals surface area contributed by atoms with Crippen LogP contribution >= 0.6 is 0 Å². The van der Waals surface area contributed by atoms with Crippen LogP contribution in [-0.4, -0.2) is 4.57 Å². The molecule has 1 aromatic heterocycles. The summed E-state index contributed by atoms with van der Waals surface area (Å²) in [5.41, 5.74) is 18.6. The largest absolute Gasteiger partial charge is 0.310 e. The van der Waals surface area contributed by atoms with E-state index in [0.29, 0.717) is 0 Å². The zero-order valence-electron chi connectivity index (χ0n) is 34.1. The second-order valence-electron chi connectivity index (χ2n) is 15.7. The molecule has 1 heterocycles. The van der Waals surface area contributed by atoms with Gasteiger partial charge in [0.15, 0.2) is 0 Å². The molecule has 0 saturated carbocycles. The molecule has 10 aromatic carbocycles. The lowest BCUT2D eigenvalue weighted by Gasteiger charge is -2.29. The second kappa shape index (κ2) is 16.1. The predicted octanol–water partition coefficient (Wildman–Crippen LogP) is 16.6. The summed E-state index contributed by atoms with van der Waals surface area (Å²) in [7, 11) is 0. The van der Waals surface area contributed by atoms with Gasteiger partial charge in [-0.1, -0.05) is 206 Å². The van der Waals surface area contributed by atoms with Crippen molar-refractivity contribution in [3.8, 4) is 61.3 Å². The van der Waals surface area contributed by atoms with Crippen LogP contribution in [0.2, 0.25) is 0 Å². The third-order valence-corrected chi connectivity index (χ3v) is 12.0. The first kappa shape index (κ1) is 36.8. The SMILES string of the molecule is c1ccc(-c2ccc(N(c3ccc(-c4cccc(-n5c6ccccc6c6ccccc65)c4-c4ccccc4)cc3)c3ccccc3-c3ccccc3)cc2-c2ccccc2)cc1. The van der Waals surface area contributed by atoms with E-state index in [9.17, 15) is 0 Å². The molecule has 292 valence electrons. The summed E-state index contributed by atoms with van der Waals surface area (Å²) in [5, 5.41) is 2.50. The minimum absolute atomic E-state index is 1.07. The molecular formula is C60H42N2. The second-order valence-corrected chi connectivity index (χ2v) is 15.7. The predicted molar refractivity (Wildman–Crippen MR) is 263 cm³/mol. The molecule has 2 nitrogen and oxygen atoms in total. The van der Waals surface area contributed by atoms with Gasteiger partial charge in [0.25, 0.3) is 0 Å². The Hall–Kier alpha value is -8.20. The van der Waals surface area contributed by atoms with Crippen LogP contribution in [0.3, 0.4) is 0 Å². The average molecular weight is 791 g/mol. The summed E-state index contributed by atoms with van der Waals surface area (Å²) in [4.78, 5) is 2.42. The molecule has 0 spiro atoms. The van der Waals surface area contributed by atoms with Crippen molar-refractivity contribution in [3.63, 3.8) is 0 Å². The van der Waals surface area contributed by atoms with E-state index in [4.69, 9.17) is 0 Å². The van der Waals surface area contributed by atoms with Crippen molar-refractivity contribution in [2.45, 2.75) is 0 Å². The van der Waals surface area contributed by atoms with Gasteiger partial charge in [-0.05, 0) is 93.0 Å². The molecule has 0 amide bonds. The summed E-state index contributed by atoms with van der Waals surface area (Å²) >= 11 is 0. The van der Waals surface area contributed by atoms with Crippen LogP contribution in [0, 0.1) is 0 Å². The summed E-state index contributed by atoms with van der Waals surface area (Å²) in [6.45, 7) is 0. The van der Waals surface area contributed by atoms with Crippen LogP contribution in [0.25, 0.3) is 83.1 Å². The van der Waals surface area contributed by atoms with Crippen molar-refractivity contribution >= 4 is 38.9 Å². The van der Waals surface area contributed by atoms with Gasteiger partial charge in [0, 0.05) is 33.3 Å². The molecule has 11 aromatic rings. The number of benzene rings is 10. The average Bonchev–Trinajstić information content (AvgIpc) is 3.69. The molecule has 0 bridgehead atoms. The Labute approximate surface area is 362 Å². The van der Waals surface area contributed by atoms with Crippen LogP contribution in [0.5, 0.6) is 0 Å². The molecular weight excluding hydrogens is 749 g/mol. The number of aromatic nitrogens is 1. The normalized spacial score (nSPS) is 11.2. The fourth-order valence-electron chi connectivity index (χ4n) is 9.20. The molecule has 0 aliphatic heterocycles. The number of fused-ring (bicyclic) bond motifs is 3. The first-order valence-electron chi connectivity index (χ1n) is 21.3. The molecule has 0 atom stereocenters. The Morgan fingerprint density at radius 1 is 0.274 bits per heavy atom. The maximum atomic E-state index is 2.44. The first-order chi connectivity index (χ1) is 30.8. The van der Waals surface area contributed by atoms with Crippen molar-refractivity contribution < 1.29 is 0 Å². The Morgan fingerprint density at radius 2 is 0.726 bits per heavy atom. The lowest BCUT2D eigenvalue weighted by atomic mass is 9.92. The lowest BCUT2D eigenvalue weighted by Crippen LogP contribution is -2.11. The highest BCUT2D eigenvalue weighted by atomic mass is 15.1. The molecule has 2 heteroatoms. The Kier molecular flexibility index (Phi) is 9.57. The minimum Gasteiger partial charge on any atom is -0.310 e. The van der Waals surface area contributed by atoms with Crippen molar-refractivity contribution in [2.24, 2.45) is 0 Å². The van der Waals surface area contributed by atoms with Gasteiger partial charge in [-0.2, -0.15) is 0 Å². The van der Waals surface area contributed by atoms with Crippen LogP contribution in [0.1, 0.15) is 0 Å². The van der Waals surface area contributed by atoms with Crippen LogP contribution in [-0.2, 0) is 0 Å². The summed E-state index contributed by atoms with van der Waals surface area (Å²) in [5.74, 6) is 0. The van der Waals surface area contributed by atoms with Crippen molar-refractivity contribution in [3.05, 3.63) is 255 Å². The van der Waals surface area contributed by atoms with Gasteiger partial charge < -0.3 is 9.47 Å². The van der Waals surface area contributed by atoms with Crippen LogP contribution in [0.4, 0.5) is 17.1 Å². The highest BCUT2D eigenvalue weighted by Gasteiger charge is 2.22. The van der Waals surface area contributed by atoms with Gasteiger partial charge in [-0.15, -0.1) is 0 Å². The number of nitrogens with zero attached hydrogens (tertiary/aromatic N) is 2. The van der Waals surface area contributed by atoms with E-state index < -0.39 is 0 Å².